The SMILES string of the molecule is O=P(OC1=C(F)C(F)C(F)C(F)=C1F)(Oc1ccccc1)Oc1c(F)c(F)c(F)c(F)c1F. The summed E-state index contributed by atoms with van der Waals surface area (Å²) in [7, 11) is -5.95. The van der Waals surface area contributed by atoms with E-state index < -0.39 is 84.0 Å². The lowest BCUT2D eigenvalue weighted by atomic mass is 10.1. The third-order valence-corrected chi connectivity index (χ3v) is 5.15. The summed E-state index contributed by atoms with van der Waals surface area (Å²) in [5.41, 5.74) is 0. The second-order valence-electron chi connectivity index (χ2n) is 6.08. The van der Waals surface area contributed by atoms with Crippen molar-refractivity contribution in [3.63, 3.8) is 0 Å². The second kappa shape index (κ2) is 9.00. The molecule has 0 radical (unpaired) electrons. The monoisotopic (exact) mass is 508 g/mol. The normalized spacial score (nSPS) is 20.5. The Morgan fingerprint density at radius 2 is 1.12 bits per heavy atom. The summed E-state index contributed by atoms with van der Waals surface area (Å²) in [6.07, 6.45) is -6.96. The zero-order chi connectivity index (χ0) is 24.7. The molecule has 0 bridgehead atoms. The first-order chi connectivity index (χ1) is 15.4. The number of alkyl halides is 2. The highest BCUT2D eigenvalue weighted by molar-refractivity contribution is 7.49. The molecule has 0 saturated carbocycles. The summed E-state index contributed by atoms with van der Waals surface area (Å²) in [5, 5.41) is 0. The molecule has 0 saturated heterocycles. The fourth-order valence-electron chi connectivity index (χ4n) is 2.36. The van der Waals surface area contributed by atoms with Crippen LogP contribution in [0.3, 0.4) is 0 Å². The molecule has 0 amide bonds. The molecule has 3 atom stereocenters. The summed E-state index contributed by atoms with van der Waals surface area (Å²) < 4.78 is 162. The predicted octanol–water partition coefficient (Wildman–Crippen LogP) is 6.99. The van der Waals surface area contributed by atoms with Gasteiger partial charge in [0.1, 0.15) is 5.75 Å². The van der Waals surface area contributed by atoms with Crippen LogP contribution in [0.25, 0.3) is 0 Å². The Kier molecular flexibility index (Phi) is 6.68. The molecule has 0 aliphatic heterocycles. The van der Waals surface area contributed by atoms with Gasteiger partial charge in [-0.05, 0) is 12.1 Å². The molecule has 1 aliphatic rings. The number of halogens is 10. The highest BCUT2D eigenvalue weighted by Crippen LogP contribution is 2.55. The van der Waals surface area contributed by atoms with Crippen LogP contribution >= 0.6 is 7.82 Å². The summed E-state index contributed by atoms with van der Waals surface area (Å²) >= 11 is 0. The predicted molar refractivity (Wildman–Crippen MR) is 89.8 cm³/mol. The van der Waals surface area contributed by atoms with Crippen LogP contribution in [-0.4, -0.2) is 12.3 Å². The number of benzene rings is 2. The lowest BCUT2D eigenvalue weighted by Gasteiger charge is -2.24. The number of rotatable bonds is 6. The van der Waals surface area contributed by atoms with E-state index in [-0.39, 0.29) is 0 Å². The van der Waals surface area contributed by atoms with Gasteiger partial charge in [0.25, 0.3) is 0 Å². The van der Waals surface area contributed by atoms with E-state index in [4.69, 9.17) is 0 Å². The molecule has 3 rings (SSSR count). The van der Waals surface area contributed by atoms with E-state index in [1.165, 1.54) is 18.2 Å². The van der Waals surface area contributed by atoms with Gasteiger partial charge in [0.15, 0.2) is 24.0 Å². The molecule has 0 aromatic heterocycles. The maximum Gasteiger partial charge on any atom is 0.647 e. The van der Waals surface area contributed by atoms with E-state index in [0.717, 1.165) is 12.1 Å². The Hall–Kier alpha value is -3.15. The Morgan fingerprint density at radius 1 is 0.636 bits per heavy atom. The first-order valence-electron chi connectivity index (χ1n) is 8.36. The number of para-hydroxylation sites is 1. The van der Waals surface area contributed by atoms with Gasteiger partial charge in [0, 0.05) is 0 Å². The van der Waals surface area contributed by atoms with E-state index in [1.54, 1.807) is 0 Å². The topological polar surface area (TPSA) is 44.8 Å². The summed E-state index contributed by atoms with van der Waals surface area (Å²) in [4.78, 5) is 0. The molecular formula is C18H7F10O4P. The van der Waals surface area contributed by atoms with Crippen molar-refractivity contribution in [1.29, 1.82) is 0 Å². The highest BCUT2D eigenvalue weighted by atomic mass is 31.2. The van der Waals surface area contributed by atoms with Gasteiger partial charge >= 0.3 is 7.82 Å². The third-order valence-electron chi connectivity index (χ3n) is 3.90. The maximum atomic E-state index is 14.0. The Bertz CT molecular complexity index is 1170. The fraction of sp³-hybridized carbons (Fsp3) is 0.111. The highest BCUT2D eigenvalue weighted by Gasteiger charge is 2.46. The van der Waals surface area contributed by atoms with Crippen molar-refractivity contribution in [3.05, 3.63) is 82.7 Å². The molecule has 15 heteroatoms. The quantitative estimate of drug-likeness (QED) is 0.183. The third kappa shape index (κ3) is 4.52. The van der Waals surface area contributed by atoms with Crippen molar-refractivity contribution >= 4 is 7.82 Å². The van der Waals surface area contributed by atoms with Gasteiger partial charge < -0.3 is 13.6 Å². The van der Waals surface area contributed by atoms with Crippen LogP contribution in [0.5, 0.6) is 11.5 Å². The van der Waals surface area contributed by atoms with Gasteiger partial charge in [-0.25, -0.2) is 30.7 Å². The fourth-order valence-corrected chi connectivity index (χ4v) is 3.62. The first-order valence-corrected chi connectivity index (χ1v) is 9.82. The van der Waals surface area contributed by atoms with E-state index in [9.17, 15) is 48.5 Å². The summed E-state index contributed by atoms with van der Waals surface area (Å²) in [6.45, 7) is 0. The average molecular weight is 508 g/mol. The molecule has 0 heterocycles. The molecule has 4 nitrogen and oxygen atoms in total. The number of hydrogen-bond acceptors (Lipinski definition) is 4. The smallest absolute Gasteiger partial charge is 0.386 e. The van der Waals surface area contributed by atoms with Gasteiger partial charge in [-0.2, -0.15) is 17.7 Å². The molecule has 178 valence electrons. The lowest BCUT2D eigenvalue weighted by Crippen LogP contribution is -2.26. The van der Waals surface area contributed by atoms with Crippen LogP contribution in [0.15, 0.2) is 53.6 Å². The molecular weight excluding hydrogens is 501 g/mol. The Labute approximate surface area is 177 Å². The van der Waals surface area contributed by atoms with Crippen molar-refractivity contribution in [3.8, 4) is 11.5 Å². The molecule has 0 fully saturated rings. The summed E-state index contributed by atoms with van der Waals surface area (Å²) in [5.74, 6) is -25.8. The van der Waals surface area contributed by atoms with Gasteiger partial charge in [0.05, 0.1) is 0 Å². The van der Waals surface area contributed by atoms with Gasteiger partial charge in [-0.1, -0.05) is 18.2 Å². The molecule has 0 spiro atoms. The number of phosphoric ester groups is 1. The molecule has 0 N–H and O–H groups in total. The molecule has 3 unspecified atom stereocenters. The number of phosphoric acid groups is 1. The van der Waals surface area contributed by atoms with Crippen LogP contribution < -0.4 is 9.05 Å². The van der Waals surface area contributed by atoms with Crippen LogP contribution in [0.1, 0.15) is 0 Å². The summed E-state index contributed by atoms with van der Waals surface area (Å²) in [6, 6.07) is 5.69. The van der Waals surface area contributed by atoms with Crippen LogP contribution in [-0.2, 0) is 9.09 Å². The minimum atomic E-state index is -5.95. The van der Waals surface area contributed by atoms with Crippen molar-refractivity contribution in [2.24, 2.45) is 0 Å². The van der Waals surface area contributed by atoms with Crippen molar-refractivity contribution in [2.75, 3.05) is 0 Å². The Balaban J connectivity index is 2.13. The van der Waals surface area contributed by atoms with Crippen LogP contribution in [0.4, 0.5) is 43.9 Å². The van der Waals surface area contributed by atoms with E-state index in [0.29, 0.717) is 0 Å². The first kappa shape index (κ1) is 24.5. The lowest BCUT2D eigenvalue weighted by molar-refractivity contribution is 0.146. The van der Waals surface area contributed by atoms with Crippen LogP contribution in [0.2, 0.25) is 0 Å². The van der Waals surface area contributed by atoms with E-state index in [2.05, 4.69) is 13.6 Å². The van der Waals surface area contributed by atoms with Gasteiger partial charge in [-0.3, -0.25) is 0 Å². The van der Waals surface area contributed by atoms with Gasteiger partial charge in [0.2, 0.25) is 46.4 Å². The van der Waals surface area contributed by atoms with E-state index in [1.807, 2.05) is 0 Å². The minimum absolute atomic E-state index is 0.577. The van der Waals surface area contributed by atoms with Gasteiger partial charge in [-0.15, -0.1) is 0 Å². The molecule has 1 aliphatic carbocycles. The molecule has 2 aromatic carbocycles. The van der Waals surface area contributed by atoms with Crippen molar-refractivity contribution in [2.45, 2.75) is 12.3 Å². The second-order valence-corrected chi connectivity index (χ2v) is 7.52. The van der Waals surface area contributed by atoms with Crippen molar-refractivity contribution < 1.29 is 62.0 Å². The molecule has 33 heavy (non-hydrogen) atoms. The zero-order valence-corrected chi connectivity index (χ0v) is 16.3. The zero-order valence-electron chi connectivity index (χ0n) is 15.4. The number of hydrogen-bond donors (Lipinski definition) is 0. The average Bonchev–Trinajstić information content (AvgIpc) is 2.80. The molecule has 2 aromatic rings. The largest absolute Gasteiger partial charge is 0.647 e. The van der Waals surface area contributed by atoms with E-state index >= 15 is 0 Å². The standard InChI is InChI=1S/C18H7F10O4P/c19-7-9(21)13(25)17(14(26)10(7)22)31-33(29,30-6-4-2-1-3-5-6)32-18-15(27)11(23)8(20)12(24)16(18)28/h1-5,7,9H. The Morgan fingerprint density at radius 3 is 1.67 bits per heavy atom. The van der Waals surface area contributed by atoms with Crippen LogP contribution in [0, 0.1) is 29.1 Å². The minimum Gasteiger partial charge on any atom is -0.386 e. The maximum absolute atomic E-state index is 14.0. The van der Waals surface area contributed by atoms with Crippen molar-refractivity contribution in [1.82, 2.24) is 0 Å². The number of allylic oxidation sites excluding steroid dienone is 3.